The van der Waals surface area contributed by atoms with Crippen molar-refractivity contribution < 1.29 is 4.79 Å². The van der Waals surface area contributed by atoms with Gasteiger partial charge in [-0.3, -0.25) is 4.79 Å². The first-order chi connectivity index (χ1) is 7.27. The van der Waals surface area contributed by atoms with Crippen LogP contribution in [0.5, 0.6) is 0 Å². The fourth-order valence-electron chi connectivity index (χ4n) is 2.13. The second-order valence-corrected chi connectivity index (χ2v) is 4.39. The molecule has 80 valence electrons. The maximum absolute atomic E-state index is 12.0. The molecule has 1 heterocycles. The first kappa shape index (κ1) is 10.3. The molecule has 1 aromatic rings. The largest absolute Gasteiger partial charge is 0.290 e. The number of hydrogen-bond donors (Lipinski definition) is 0. The number of ketones is 1. The van der Waals surface area contributed by atoms with Crippen molar-refractivity contribution in [1.29, 1.82) is 0 Å². The van der Waals surface area contributed by atoms with E-state index in [1.807, 2.05) is 0 Å². The van der Waals surface area contributed by atoms with Crippen molar-refractivity contribution in [2.75, 3.05) is 0 Å². The third kappa shape index (κ3) is 2.41. The molecule has 1 aliphatic carbocycles. The van der Waals surface area contributed by atoms with E-state index >= 15 is 0 Å². The van der Waals surface area contributed by atoms with Gasteiger partial charge in [0.05, 0.1) is 0 Å². The molecule has 0 atom stereocenters. The Morgan fingerprint density at radius 2 is 1.80 bits per heavy atom. The molecule has 1 aliphatic rings. The van der Waals surface area contributed by atoms with Gasteiger partial charge >= 0.3 is 0 Å². The van der Waals surface area contributed by atoms with Gasteiger partial charge in [0.15, 0.2) is 5.82 Å². The monoisotopic (exact) mass is 204 g/mol. The fourth-order valence-corrected chi connectivity index (χ4v) is 2.13. The maximum atomic E-state index is 12.0. The highest BCUT2D eigenvalue weighted by Crippen LogP contribution is 2.29. The van der Waals surface area contributed by atoms with Crippen LogP contribution in [0.2, 0.25) is 0 Å². The smallest absolute Gasteiger partial charge is 0.203 e. The van der Waals surface area contributed by atoms with E-state index in [-0.39, 0.29) is 11.7 Å². The van der Waals surface area contributed by atoms with Crippen molar-refractivity contribution in [3.05, 3.63) is 24.3 Å². The van der Waals surface area contributed by atoms with E-state index < -0.39 is 0 Å². The van der Waals surface area contributed by atoms with E-state index in [1.54, 1.807) is 18.5 Å². The Kier molecular flexibility index (Phi) is 3.09. The van der Waals surface area contributed by atoms with Gasteiger partial charge in [0.25, 0.3) is 0 Å². The fraction of sp³-hybridized carbons (Fsp3) is 0.583. The SMILES string of the molecule is CC1CCC(C(=O)c2ncccn2)CC1. The molecule has 2 rings (SSSR count). The third-order valence-corrected chi connectivity index (χ3v) is 3.17. The number of Topliss-reactive ketones (excluding diaryl/α,β-unsaturated/α-hetero) is 1. The average molecular weight is 204 g/mol. The maximum Gasteiger partial charge on any atom is 0.203 e. The molecule has 0 saturated heterocycles. The van der Waals surface area contributed by atoms with Gasteiger partial charge in [-0.2, -0.15) is 0 Å². The Morgan fingerprint density at radius 3 is 2.40 bits per heavy atom. The second-order valence-electron chi connectivity index (χ2n) is 4.39. The van der Waals surface area contributed by atoms with Gasteiger partial charge < -0.3 is 0 Å². The van der Waals surface area contributed by atoms with Crippen LogP contribution in [0.3, 0.4) is 0 Å². The molecule has 0 spiro atoms. The van der Waals surface area contributed by atoms with Crippen molar-refractivity contribution in [2.45, 2.75) is 32.6 Å². The minimum absolute atomic E-state index is 0.127. The van der Waals surface area contributed by atoms with E-state index in [0.717, 1.165) is 31.6 Å². The lowest BCUT2D eigenvalue weighted by atomic mass is 9.81. The second kappa shape index (κ2) is 4.51. The van der Waals surface area contributed by atoms with Crippen LogP contribution in [0.25, 0.3) is 0 Å². The van der Waals surface area contributed by atoms with Crippen molar-refractivity contribution in [3.8, 4) is 0 Å². The molecular weight excluding hydrogens is 188 g/mol. The van der Waals surface area contributed by atoms with Crippen LogP contribution in [0.15, 0.2) is 18.5 Å². The third-order valence-electron chi connectivity index (χ3n) is 3.17. The summed E-state index contributed by atoms with van der Waals surface area (Å²) in [5.74, 6) is 1.44. The molecule has 15 heavy (non-hydrogen) atoms. The molecule has 0 radical (unpaired) electrons. The molecule has 0 bridgehead atoms. The summed E-state index contributed by atoms with van der Waals surface area (Å²) in [6.07, 6.45) is 7.57. The van der Waals surface area contributed by atoms with Gasteiger partial charge in [0.1, 0.15) is 0 Å². The van der Waals surface area contributed by atoms with Crippen LogP contribution < -0.4 is 0 Å². The number of carbonyl (C=O) groups excluding carboxylic acids is 1. The Hall–Kier alpha value is -1.25. The standard InChI is InChI=1S/C12H16N2O/c1-9-3-5-10(6-4-9)11(15)12-13-7-2-8-14-12/h2,7-10H,3-6H2,1H3. The van der Waals surface area contributed by atoms with Gasteiger partial charge in [0, 0.05) is 18.3 Å². The normalized spacial score (nSPS) is 26.2. The Balaban J connectivity index is 2.03. The van der Waals surface area contributed by atoms with Gasteiger partial charge in [0.2, 0.25) is 5.78 Å². The zero-order valence-electron chi connectivity index (χ0n) is 9.02. The minimum Gasteiger partial charge on any atom is -0.290 e. The van der Waals surface area contributed by atoms with E-state index in [2.05, 4.69) is 16.9 Å². The summed E-state index contributed by atoms with van der Waals surface area (Å²) in [6, 6.07) is 1.74. The molecule has 1 fully saturated rings. The number of rotatable bonds is 2. The van der Waals surface area contributed by atoms with Crippen LogP contribution in [0, 0.1) is 11.8 Å². The van der Waals surface area contributed by atoms with Crippen LogP contribution in [-0.4, -0.2) is 15.8 Å². The molecule has 3 nitrogen and oxygen atoms in total. The summed E-state index contributed by atoms with van der Waals surface area (Å²) >= 11 is 0. The average Bonchev–Trinajstić information content (AvgIpc) is 2.30. The summed E-state index contributed by atoms with van der Waals surface area (Å²) in [5.41, 5.74) is 0. The highest BCUT2D eigenvalue weighted by Gasteiger charge is 2.26. The molecular formula is C12H16N2O. The van der Waals surface area contributed by atoms with Crippen molar-refractivity contribution in [3.63, 3.8) is 0 Å². The van der Waals surface area contributed by atoms with Crippen LogP contribution in [-0.2, 0) is 0 Å². The van der Waals surface area contributed by atoms with Crippen LogP contribution in [0.4, 0.5) is 0 Å². The van der Waals surface area contributed by atoms with Gasteiger partial charge in [-0.25, -0.2) is 9.97 Å². The zero-order valence-corrected chi connectivity index (χ0v) is 9.02. The summed E-state index contributed by atoms with van der Waals surface area (Å²) in [5, 5.41) is 0. The van der Waals surface area contributed by atoms with Gasteiger partial charge in [-0.05, 0) is 24.8 Å². The van der Waals surface area contributed by atoms with E-state index in [4.69, 9.17) is 0 Å². The lowest BCUT2D eigenvalue weighted by Crippen LogP contribution is -2.22. The summed E-state index contributed by atoms with van der Waals surface area (Å²) in [6.45, 7) is 2.25. The zero-order chi connectivity index (χ0) is 10.7. The predicted octanol–water partition coefficient (Wildman–Crippen LogP) is 2.49. The molecule has 1 saturated carbocycles. The minimum atomic E-state index is 0.127. The molecule has 0 N–H and O–H groups in total. The summed E-state index contributed by atoms with van der Waals surface area (Å²) < 4.78 is 0. The molecule has 3 heteroatoms. The summed E-state index contributed by atoms with van der Waals surface area (Å²) in [7, 11) is 0. The topological polar surface area (TPSA) is 42.9 Å². The van der Waals surface area contributed by atoms with Gasteiger partial charge in [-0.1, -0.05) is 19.8 Å². The number of nitrogens with zero attached hydrogens (tertiary/aromatic N) is 2. The number of aromatic nitrogens is 2. The number of carbonyl (C=O) groups is 1. The lowest BCUT2D eigenvalue weighted by Gasteiger charge is -2.24. The van der Waals surface area contributed by atoms with E-state index in [9.17, 15) is 4.79 Å². The molecule has 1 aromatic heterocycles. The highest BCUT2D eigenvalue weighted by molar-refractivity contribution is 5.94. The van der Waals surface area contributed by atoms with Crippen molar-refractivity contribution in [1.82, 2.24) is 9.97 Å². The molecule has 0 aromatic carbocycles. The molecule has 0 unspecified atom stereocenters. The Labute approximate surface area is 89.9 Å². The van der Waals surface area contributed by atoms with Crippen LogP contribution >= 0.6 is 0 Å². The molecule has 0 aliphatic heterocycles. The quantitative estimate of drug-likeness (QED) is 0.695. The van der Waals surface area contributed by atoms with Gasteiger partial charge in [-0.15, -0.1) is 0 Å². The van der Waals surface area contributed by atoms with Crippen molar-refractivity contribution >= 4 is 5.78 Å². The Bertz CT molecular complexity index is 329. The predicted molar refractivity (Wildman–Crippen MR) is 57.5 cm³/mol. The first-order valence-electron chi connectivity index (χ1n) is 5.58. The van der Waals surface area contributed by atoms with E-state index in [0.29, 0.717) is 5.82 Å². The molecule has 0 amide bonds. The van der Waals surface area contributed by atoms with Crippen molar-refractivity contribution in [2.24, 2.45) is 11.8 Å². The van der Waals surface area contributed by atoms with Crippen LogP contribution in [0.1, 0.15) is 43.2 Å². The first-order valence-corrected chi connectivity index (χ1v) is 5.58. The summed E-state index contributed by atoms with van der Waals surface area (Å²) in [4.78, 5) is 20.0. The highest BCUT2D eigenvalue weighted by atomic mass is 16.1. The lowest BCUT2D eigenvalue weighted by molar-refractivity contribution is 0.0864. The Morgan fingerprint density at radius 1 is 1.20 bits per heavy atom. The number of hydrogen-bond acceptors (Lipinski definition) is 3. The van der Waals surface area contributed by atoms with E-state index in [1.165, 1.54) is 0 Å².